The summed E-state index contributed by atoms with van der Waals surface area (Å²) in [6.07, 6.45) is 0.312. The van der Waals surface area contributed by atoms with Crippen molar-refractivity contribution in [1.82, 2.24) is 4.90 Å². The van der Waals surface area contributed by atoms with Gasteiger partial charge in [-0.3, -0.25) is 4.90 Å². The zero-order valence-corrected chi connectivity index (χ0v) is 12.3. The Morgan fingerprint density at radius 2 is 1.64 bits per heavy atom. The first-order valence-corrected chi connectivity index (χ1v) is 7.52. The van der Waals surface area contributed by atoms with Crippen molar-refractivity contribution in [2.45, 2.75) is 31.7 Å². The Bertz CT molecular complexity index is 612. The molecule has 0 aromatic heterocycles. The Balaban J connectivity index is 1.76. The van der Waals surface area contributed by atoms with Gasteiger partial charge < -0.3 is 10.2 Å². The summed E-state index contributed by atoms with van der Waals surface area (Å²) < 4.78 is 13.1. The van der Waals surface area contributed by atoms with Crippen molar-refractivity contribution < 1.29 is 14.6 Å². The summed E-state index contributed by atoms with van der Waals surface area (Å²) >= 11 is 0. The molecule has 0 spiro atoms. The molecule has 116 valence electrons. The number of nitrogens with zero attached hydrogens (tertiary/aromatic N) is 1. The van der Waals surface area contributed by atoms with Gasteiger partial charge in [0.1, 0.15) is 5.82 Å². The molecule has 2 atom stereocenters. The van der Waals surface area contributed by atoms with Crippen LogP contribution in [0.4, 0.5) is 4.39 Å². The van der Waals surface area contributed by atoms with E-state index >= 15 is 0 Å². The molecular formula is C18H20FNO2. The number of β-amino-alcohol motifs (C(OH)–C–C–N with tert-alkyl or cyclic N) is 1. The third-order valence-electron chi connectivity index (χ3n) is 4.23. The Kier molecular flexibility index (Phi) is 4.52. The van der Waals surface area contributed by atoms with Gasteiger partial charge in [0, 0.05) is 19.1 Å². The van der Waals surface area contributed by atoms with E-state index in [-0.39, 0.29) is 24.6 Å². The van der Waals surface area contributed by atoms with Crippen LogP contribution < -0.4 is 0 Å². The molecule has 1 aliphatic rings. The molecule has 22 heavy (non-hydrogen) atoms. The van der Waals surface area contributed by atoms with Gasteiger partial charge in [-0.25, -0.2) is 4.39 Å². The molecule has 0 saturated carbocycles. The predicted molar refractivity (Wildman–Crippen MR) is 82.5 cm³/mol. The van der Waals surface area contributed by atoms with Crippen LogP contribution in [0.1, 0.15) is 29.2 Å². The van der Waals surface area contributed by atoms with E-state index in [0.29, 0.717) is 13.0 Å². The predicted octanol–water partition coefficient (Wildman–Crippen LogP) is 2.63. The van der Waals surface area contributed by atoms with Gasteiger partial charge in [0.2, 0.25) is 0 Å². The second kappa shape index (κ2) is 6.57. The van der Waals surface area contributed by atoms with E-state index in [1.54, 1.807) is 12.1 Å². The first-order chi connectivity index (χ1) is 10.7. The lowest BCUT2D eigenvalue weighted by Gasteiger charge is -2.24. The molecule has 0 amide bonds. The molecule has 2 aromatic rings. The summed E-state index contributed by atoms with van der Waals surface area (Å²) in [6.45, 7) is 1.38. The quantitative estimate of drug-likeness (QED) is 0.912. The summed E-state index contributed by atoms with van der Waals surface area (Å²) in [7, 11) is 0. The molecule has 0 unspecified atom stereocenters. The van der Waals surface area contributed by atoms with E-state index in [2.05, 4.69) is 4.90 Å². The molecule has 1 fully saturated rings. The molecule has 0 aliphatic carbocycles. The van der Waals surface area contributed by atoms with Gasteiger partial charge in [0.15, 0.2) is 0 Å². The number of aliphatic hydroxyl groups is 2. The Labute approximate surface area is 129 Å². The minimum absolute atomic E-state index is 0.0426. The normalized spacial score (nSPS) is 22.1. The van der Waals surface area contributed by atoms with Crippen molar-refractivity contribution in [3.05, 3.63) is 71.0 Å². The second-order valence-corrected chi connectivity index (χ2v) is 5.86. The van der Waals surface area contributed by atoms with E-state index in [9.17, 15) is 9.50 Å². The summed E-state index contributed by atoms with van der Waals surface area (Å²) in [6, 6.07) is 14.4. The summed E-state index contributed by atoms with van der Waals surface area (Å²) in [5.41, 5.74) is 3.06. The van der Waals surface area contributed by atoms with Crippen molar-refractivity contribution in [2.24, 2.45) is 0 Å². The van der Waals surface area contributed by atoms with Crippen LogP contribution in [0.2, 0.25) is 0 Å². The molecule has 4 heteroatoms. The molecule has 0 radical (unpaired) electrons. The standard InChI is InChI=1S/C18H20FNO2/c19-16-7-5-15(6-8-16)18-9-17(22)11-20(18)10-13-1-3-14(12-21)4-2-13/h1-8,17-18,21-22H,9-12H2/t17-,18-/m0/s1. The van der Waals surface area contributed by atoms with Crippen LogP contribution in [0.5, 0.6) is 0 Å². The monoisotopic (exact) mass is 301 g/mol. The maximum absolute atomic E-state index is 13.1. The fourth-order valence-corrected chi connectivity index (χ4v) is 3.07. The summed E-state index contributed by atoms with van der Waals surface area (Å²) in [4.78, 5) is 2.21. The Hall–Kier alpha value is -1.75. The fraction of sp³-hybridized carbons (Fsp3) is 0.333. The number of benzene rings is 2. The second-order valence-electron chi connectivity index (χ2n) is 5.86. The van der Waals surface area contributed by atoms with Crippen LogP contribution in [0.25, 0.3) is 0 Å². The Morgan fingerprint density at radius 1 is 1.00 bits per heavy atom. The van der Waals surface area contributed by atoms with Crippen molar-refractivity contribution in [2.75, 3.05) is 6.54 Å². The van der Waals surface area contributed by atoms with Gasteiger partial charge in [0.25, 0.3) is 0 Å². The van der Waals surface area contributed by atoms with Crippen LogP contribution in [-0.2, 0) is 13.2 Å². The lowest BCUT2D eigenvalue weighted by Crippen LogP contribution is -2.24. The van der Waals surface area contributed by atoms with Crippen LogP contribution in [0, 0.1) is 5.82 Å². The lowest BCUT2D eigenvalue weighted by atomic mass is 10.0. The zero-order valence-electron chi connectivity index (χ0n) is 12.3. The van der Waals surface area contributed by atoms with Crippen LogP contribution >= 0.6 is 0 Å². The summed E-state index contributed by atoms with van der Waals surface area (Å²) in [5, 5.41) is 19.1. The first kappa shape index (κ1) is 15.2. The minimum Gasteiger partial charge on any atom is -0.392 e. The number of hydrogen-bond donors (Lipinski definition) is 2. The highest BCUT2D eigenvalue weighted by Crippen LogP contribution is 2.33. The average Bonchev–Trinajstić information content (AvgIpc) is 2.89. The van der Waals surface area contributed by atoms with E-state index in [4.69, 9.17) is 5.11 Å². The van der Waals surface area contributed by atoms with Crippen molar-refractivity contribution in [3.8, 4) is 0 Å². The summed E-state index contributed by atoms with van der Waals surface area (Å²) in [5.74, 6) is -0.242. The minimum atomic E-state index is -0.355. The maximum Gasteiger partial charge on any atom is 0.123 e. The number of aliphatic hydroxyl groups excluding tert-OH is 2. The van der Waals surface area contributed by atoms with Gasteiger partial charge in [0.05, 0.1) is 12.7 Å². The molecule has 1 heterocycles. The van der Waals surface area contributed by atoms with Gasteiger partial charge in [-0.05, 0) is 35.2 Å². The van der Waals surface area contributed by atoms with Crippen molar-refractivity contribution in [3.63, 3.8) is 0 Å². The molecule has 1 aliphatic heterocycles. The molecule has 3 nitrogen and oxygen atoms in total. The van der Waals surface area contributed by atoms with E-state index in [1.807, 2.05) is 24.3 Å². The van der Waals surface area contributed by atoms with Crippen molar-refractivity contribution >= 4 is 0 Å². The molecule has 0 bridgehead atoms. The van der Waals surface area contributed by atoms with Gasteiger partial charge >= 0.3 is 0 Å². The van der Waals surface area contributed by atoms with Gasteiger partial charge in [-0.1, -0.05) is 36.4 Å². The van der Waals surface area contributed by atoms with E-state index < -0.39 is 0 Å². The molecule has 2 aromatic carbocycles. The van der Waals surface area contributed by atoms with Crippen LogP contribution in [-0.4, -0.2) is 27.8 Å². The van der Waals surface area contributed by atoms with Gasteiger partial charge in [-0.2, -0.15) is 0 Å². The van der Waals surface area contributed by atoms with Crippen LogP contribution in [0.3, 0.4) is 0 Å². The molecule has 3 rings (SSSR count). The van der Waals surface area contributed by atoms with Crippen LogP contribution in [0.15, 0.2) is 48.5 Å². The molecule has 1 saturated heterocycles. The number of rotatable bonds is 4. The van der Waals surface area contributed by atoms with E-state index in [0.717, 1.165) is 23.2 Å². The smallest absolute Gasteiger partial charge is 0.123 e. The molecular weight excluding hydrogens is 281 g/mol. The highest BCUT2D eigenvalue weighted by molar-refractivity contribution is 5.24. The third kappa shape index (κ3) is 3.35. The number of halogens is 1. The first-order valence-electron chi connectivity index (χ1n) is 7.52. The highest BCUT2D eigenvalue weighted by atomic mass is 19.1. The SMILES string of the molecule is OCc1ccc(CN2C[C@@H](O)C[C@H]2c2ccc(F)cc2)cc1. The third-order valence-corrected chi connectivity index (χ3v) is 4.23. The average molecular weight is 301 g/mol. The Morgan fingerprint density at radius 3 is 2.27 bits per heavy atom. The number of hydrogen-bond acceptors (Lipinski definition) is 3. The maximum atomic E-state index is 13.1. The lowest BCUT2D eigenvalue weighted by molar-refractivity contribution is 0.172. The fourth-order valence-electron chi connectivity index (χ4n) is 3.07. The highest BCUT2D eigenvalue weighted by Gasteiger charge is 2.31. The zero-order chi connectivity index (χ0) is 15.5. The largest absolute Gasteiger partial charge is 0.392 e. The van der Waals surface area contributed by atoms with Crippen molar-refractivity contribution in [1.29, 1.82) is 0 Å². The number of likely N-dealkylation sites (tertiary alicyclic amines) is 1. The molecule has 2 N–H and O–H groups in total. The topological polar surface area (TPSA) is 43.7 Å². The van der Waals surface area contributed by atoms with Gasteiger partial charge in [-0.15, -0.1) is 0 Å². The van der Waals surface area contributed by atoms with E-state index in [1.165, 1.54) is 12.1 Å².